The molecule has 1 saturated heterocycles. The van der Waals surface area contributed by atoms with Crippen LogP contribution >= 0.6 is 0 Å². The molecule has 6 nitrogen and oxygen atoms in total. The zero-order chi connectivity index (χ0) is 13.8. The van der Waals surface area contributed by atoms with E-state index in [9.17, 15) is 9.59 Å². The second kappa shape index (κ2) is 5.81. The number of hydroxylamine groups is 1. The van der Waals surface area contributed by atoms with Crippen molar-refractivity contribution >= 4 is 11.8 Å². The Morgan fingerprint density at radius 2 is 2.16 bits per heavy atom. The van der Waals surface area contributed by atoms with Crippen LogP contribution in [0, 0.1) is 5.92 Å². The van der Waals surface area contributed by atoms with E-state index in [0.29, 0.717) is 6.42 Å². The zero-order valence-corrected chi connectivity index (χ0v) is 10.5. The summed E-state index contributed by atoms with van der Waals surface area (Å²) >= 11 is 0. The summed E-state index contributed by atoms with van der Waals surface area (Å²) in [4.78, 5) is 23.3. The van der Waals surface area contributed by atoms with Crippen molar-refractivity contribution in [2.24, 2.45) is 5.92 Å². The zero-order valence-electron chi connectivity index (χ0n) is 10.5. The van der Waals surface area contributed by atoms with Crippen LogP contribution in [0.15, 0.2) is 30.3 Å². The Morgan fingerprint density at radius 1 is 1.47 bits per heavy atom. The van der Waals surface area contributed by atoms with Crippen molar-refractivity contribution in [3.05, 3.63) is 35.9 Å². The lowest BCUT2D eigenvalue weighted by Crippen LogP contribution is -2.40. The normalized spacial score (nSPS) is 23.8. The summed E-state index contributed by atoms with van der Waals surface area (Å²) in [7, 11) is 1.53. The van der Waals surface area contributed by atoms with Crippen LogP contribution in [0.1, 0.15) is 18.1 Å². The third kappa shape index (κ3) is 2.74. The molecule has 3 unspecified atom stereocenters. The van der Waals surface area contributed by atoms with E-state index < -0.39 is 24.0 Å². The van der Waals surface area contributed by atoms with Gasteiger partial charge < -0.3 is 10.1 Å². The van der Waals surface area contributed by atoms with Crippen molar-refractivity contribution in [1.29, 1.82) is 0 Å². The number of rotatable bonds is 4. The van der Waals surface area contributed by atoms with Crippen LogP contribution in [0.5, 0.6) is 0 Å². The first kappa shape index (κ1) is 13.5. The maximum atomic E-state index is 11.9. The molecule has 1 heterocycles. The van der Waals surface area contributed by atoms with E-state index in [1.165, 1.54) is 7.11 Å². The number of methoxy groups -OCH3 is 1. The van der Waals surface area contributed by atoms with Crippen molar-refractivity contribution in [2.45, 2.75) is 18.6 Å². The molecule has 2 amide bonds. The van der Waals surface area contributed by atoms with Crippen LogP contribution in [0.3, 0.4) is 0 Å². The molecule has 1 aromatic rings. The Bertz CT molecular complexity index is 463. The molecular formula is C13H16N2O4. The Balaban J connectivity index is 2.16. The van der Waals surface area contributed by atoms with Crippen LogP contribution in [0.4, 0.5) is 0 Å². The van der Waals surface area contributed by atoms with Crippen molar-refractivity contribution in [1.82, 2.24) is 10.8 Å². The molecule has 1 aliphatic heterocycles. The fourth-order valence-corrected chi connectivity index (χ4v) is 2.39. The number of ether oxygens (including phenoxy) is 1. The van der Waals surface area contributed by atoms with E-state index in [-0.39, 0.29) is 5.91 Å². The van der Waals surface area contributed by atoms with Gasteiger partial charge in [-0.3, -0.25) is 14.8 Å². The van der Waals surface area contributed by atoms with E-state index >= 15 is 0 Å². The molecule has 102 valence electrons. The maximum Gasteiger partial charge on any atom is 0.265 e. The largest absolute Gasteiger partial charge is 0.376 e. The highest BCUT2D eigenvalue weighted by atomic mass is 16.5. The van der Waals surface area contributed by atoms with Gasteiger partial charge in [0.25, 0.3) is 5.91 Å². The summed E-state index contributed by atoms with van der Waals surface area (Å²) in [5.41, 5.74) is 2.43. The van der Waals surface area contributed by atoms with E-state index in [0.717, 1.165) is 5.56 Å². The van der Waals surface area contributed by atoms with E-state index in [2.05, 4.69) is 5.32 Å². The van der Waals surface area contributed by atoms with Gasteiger partial charge >= 0.3 is 0 Å². The smallest absolute Gasteiger partial charge is 0.265 e. The molecule has 3 atom stereocenters. The SMILES string of the molecule is COC(c1ccccc1)C1CC(C(=O)NO)NC1=O. The highest BCUT2D eigenvalue weighted by Gasteiger charge is 2.41. The average Bonchev–Trinajstić information content (AvgIpc) is 2.82. The summed E-state index contributed by atoms with van der Waals surface area (Å²) in [6.07, 6.45) is -0.115. The third-order valence-corrected chi connectivity index (χ3v) is 3.32. The van der Waals surface area contributed by atoms with Gasteiger partial charge in [0.15, 0.2) is 0 Å². The van der Waals surface area contributed by atoms with Crippen molar-refractivity contribution in [3.63, 3.8) is 0 Å². The Hall–Kier alpha value is -1.92. The molecule has 0 saturated carbocycles. The lowest BCUT2D eigenvalue weighted by Gasteiger charge is -2.20. The van der Waals surface area contributed by atoms with Gasteiger partial charge in [0, 0.05) is 7.11 Å². The first-order chi connectivity index (χ1) is 9.17. The lowest BCUT2D eigenvalue weighted by atomic mass is 9.92. The molecular weight excluding hydrogens is 248 g/mol. The molecule has 6 heteroatoms. The molecule has 0 spiro atoms. The lowest BCUT2D eigenvalue weighted by molar-refractivity contribution is -0.132. The fourth-order valence-electron chi connectivity index (χ4n) is 2.39. The first-order valence-corrected chi connectivity index (χ1v) is 5.99. The van der Waals surface area contributed by atoms with Crippen LogP contribution in [-0.4, -0.2) is 30.2 Å². The van der Waals surface area contributed by atoms with Crippen LogP contribution in [0.2, 0.25) is 0 Å². The number of hydrogen-bond donors (Lipinski definition) is 3. The quantitative estimate of drug-likeness (QED) is 0.542. The molecule has 2 rings (SSSR count). The molecule has 19 heavy (non-hydrogen) atoms. The van der Waals surface area contributed by atoms with Gasteiger partial charge in [-0.05, 0) is 12.0 Å². The standard InChI is InChI=1S/C13H16N2O4/c1-19-11(8-5-3-2-4-6-8)9-7-10(13(17)15-18)14-12(9)16/h2-6,9-11,18H,7H2,1H3,(H,14,16)(H,15,17). The Kier molecular flexibility index (Phi) is 4.13. The van der Waals surface area contributed by atoms with Crippen molar-refractivity contribution in [2.75, 3.05) is 7.11 Å². The van der Waals surface area contributed by atoms with Crippen LogP contribution in [0.25, 0.3) is 0 Å². The molecule has 1 aliphatic rings. The summed E-state index contributed by atoms with van der Waals surface area (Å²) in [6.45, 7) is 0. The molecule has 0 aromatic heterocycles. The van der Waals surface area contributed by atoms with Gasteiger partial charge in [-0.15, -0.1) is 0 Å². The second-order valence-electron chi connectivity index (χ2n) is 4.45. The molecule has 0 radical (unpaired) electrons. The van der Waals surface area contributed by atoms with Gasteiger partial charge in [0.2, 0.25) is 5.91 Å². The summed E-state index contributed by atoms with van der Waals surface area (Å²) in [5, 5.41) is 11.1. The summed E-state index contributed by atoms with van der Waals surface area (Å²) in [5.74, 6) is -1.31. The molecule has 0 aliphatic carbocycles. The number of amides is 2. The molecule has 1 fully saturated rings. The van der Waals surface area contributed by atoms with E-state index in [4.69, 9.17) is 9.94 Å². The second-order valence-corrected chi connectivity index (χ2v) is 4.45. The Labute approximate surface area is 110 Å². The maximum absolute atomic E-state index is 11.9. The third-order valence-electron chi connectivity index (χ3n) is 3.32. The minimum atomic E-state index is -0.719. The minimum absolute atomic E-state index is 0.246. The monoisotopic (exact) mass is 264 g/mol. The van der Waals surface area contributed by atoms with Gasteiger partial charge in [-0.1, -0.05) is 30.3 Å². The van der Waals surface area contributed by atoms with Gasteiger partial charge in [0.1, 0.15) is 6.04 Å². The fraction of sp³-hybridized carbons (Fsp3) is 0.385. The Morgan fingerprint density at radius 3 is 2.74 bits per heavy atom. The highest BCUT2D eigenvalue weighted by Crippen LogP contribution is 2.32. The number of carbonyl (C=O) groups is 2. The number of nitrogens with one attached hydrogen (secondary N) is 2. The predicted molar refractivity (Wildman–Crippen MR) is 66.2 cm³/mol. The van der Waals surface area contributed by atoms with Crippen molar-refractivity contribution < 1.29 is 19.5 Å². The van der Waals surface area contributed by atoms with Gasteiger partial charge in [-0.2, -0.15) is 0 Å². The number of benzene rings is 1. The number of carbonyl (C=O) groups excluding carboxylic acids is 2. The number of hydrogen-bond acceptors (Lipinski definition) is 4. The average molecular weight is 264 g/mol. The topological polar surface area (TPSA) is 87.7 Å². The molecule has 0 bridgehead atoms. The van der Waals surface area contributed by atoms with Gasteiger partial charge in [-0.25, -0.2) is 5.48 Å². The van der Waals surface area contributed by atoms with E-state index in [1.54, 1.807) is 5.48 Å². The van der Waals surface area contributed by atoms with Crippen molar-refractivity contribution in [3.8, 4) is 0 Å². The van der Waals surface area contributed by atoms with Crippen LogP contribution < -0.4 is 10.8 Å². The first-order valence-electron chi connectivity index (χ1n) is 5.99. The predicted octanol–water partition coefficient (Wildman–Crippen LogP) is 0.384. The minimum Gasteiger partial charge on any atom is -0.376 e. The highest BCUT2D eigenvalue weighted by molar-refractivity contribution is 5.91. The van der Waals surface area contributed by atoms with Crippen LogP contribution in [-0.2, 0) is 14.3 Å². The molecule has 1 aromatic carbocycles. The summed E-state index contributed by atoms with van der Waals surface area (Å²) in [6, 6.07) is 8.65. The van der Waals surface area contributed by atoms with E-state index in [1.807, 2.05) is 30.3 Å². The molecule has 3 N–H and O–H groups in total. The van der Waals surface area contributed by atoms with Gasteiger partial charge in [0.05, 0.1) is 12.0 Å². The summed E-state index contributed by atoms with van der Waals surface area (Å²) < 4.78 is 5.40.